The number of nitrogens with zero attached hydrogens (tertiary/aromatic N) is 1. The first-order valence-corrected chi connectivity index (χ1v) is 7.21. The first-order valence-electron chi connectivity index (χ1n) is 5.52. The van der Waals surface area contributed by atoms with Crippen molar-refractivity contribution in [1.29, 1.82) is 0 Å². The average molecular weight is 277 g/mol. The number of amides is 1. The van der Waals surface area contributed by atoms with Crippen molar-refractivity contribution in [3.8, 4) is 0 Å². The Morgan fingerprint density at radius 1 is 1.39 bits per heavy atom. The molecule has 0 saturated carbocycles. The fraction of sp³-hybridized carbons (Fsp3) is 0.167. The van der Waals surface area contributed by atoms with E-state index in [1.165, 1.54) is 0 Å². The van der Waals surface area contributed by atoms with Crippen LogP contribution in [0, 0.1) is 0 Å². The maximum Gasteiger partial charge on any atom is 0.224 e. The number of carbonyl (C=O) groups is 1. The molecule has 0 aliphatic carbocycles. The van der Waals surface area contributed by atoms with Crippen LogP contribution in [-0.4, -0.2) is 10.9 Å². The Kier molecular flexibility index (Phi) is 2.97. The molecule has 0 spiro atoms. The van der Waals surface area contributed by atoms with Crippen LogP contribution in [-0.2, 0) is 11.2 Å². The lowest BCUT2D eigenvalue weighted by Crippen LogP contribution is -2.19. The predicted molar refractivity (Wildman–Crippen MR) is 74.0 cm³/mol. The molecule has 0 radical (unpaired) electrons. The van der Waals surface area contributed by atoms with Gasteiger partial charge in [-0.05, 0) is 24.1 Å². The van der Waals surface area contributed by atoms with Gasteiger partial charge in [-0.1, -0.05) is 11.8 Å². The maximum absolute atomic E-state index is 11.3. The van der Waals surface area contributed by atoms with E-state index in [-0.39, 0.29) is 5.91 Å². The largest absolute Gasteiger partial charge is 0.398 e. The molecule has 0 atom stereocenters. The molecule has 2 heterocycles. The lowest BCUT2D eigenvalue weighted by Gasteiger charge is -2.18. The second-order valence-corrected chi connectivity index (χ2v) is 6.18. The third kappa shape index (κ3) is 2.21. The summed E-state index contributed by atoms with van der Waals surface area (Å²) in [6.07, 6.45) is 3.09. The summed E-state index contributed by atoms with van der Waals surface area (Å²) in [7, 11) is 0. The number of hydrogen-bond donors (Lipinski definition) is 2. The topological polar surface area (TPSA) is 68.0 Å². The molecular formula is C12H11N3OS2. The predicted octanol–water partition coefficient (Wildman–Crippen LogP) is 2.76. The zero-order valence-corrected chi connectivity index (χ0v) is 11.1. The molecule has 0 unspecified atom stereocenters. The van der Waals surface area contributed by atoms with E-state index in [2.05, 4.69) is 16.4 Å². The van der Waals surface area contributed by atoms with Gasteiger partial charge in [0.15, 0.2) is 4.34 Å². The van der Waals surface area contributed by atoms with E-state index >= 15 is 0 Å². The molecule has 1 amide bonds. The van der Waals surface area contributed by atoms with Crippen LogP contribution in [0.1, 0.15) is 12.0 Å². The SMILES string of the molecule is Nc1cc2c(cc1Sc1nccs1)CCC(=O)N2. The highest BCUT2D eigenvalue weighted by atomic mass is 32.2. The van der Waals surface area contributed by atoms with E-state index in [1.54, 1.807) is 29.3 Å². The number of nitrogen functional groups attached to an aromatic ring is 1. The van der Waals surface area contributed by atoms with Gasteiger partial charge in [0.1, 0.15) is 0 Å². The Hall–Kier alpha value is -1.53. The van der Waals surface area contributed by atoms with E-state index in [4.69, 9.17) is 5.73 Å². The van der Waals surface area contributed by atoms with Crippen LogP contribution in [0.5, 0.6) is 0 Å². The second kappa shape index (κ2) is 4.62. The van der Waals surface area contributed by atoms with Gasteiger partial charge in [0, 0.05) is 34.3 Å². The van der Waals surface area contributed by atoms with Gasteiger partial charge in [0.05, 0.1) is 0 Å². The number of fused-ring (bicyclic) bond motifs is 1. The standard InChI is InChI=1S/C12H11N3OS2/c13-8-6-9-7(1-2-11(16)15-9)5-10(8)18-12-14-3-4-17-12/h3-6H,1-2,13H2,(H,15,16). The highest BCUT2D eigenvalue weighted by Gasteiger charge is 2.17. The van der Waals surface area contributed by atoms with Gasteiger partial charge in [-0.3, -0.25) is 4.79 Å². The molecule has 1 aromatic heterocycles. The van der Waals surface area contributed by atoms with E-state index in [0.717, 1.165) is 26.9 Å². The number of aromatic nitrogens is 1. The first-order chi connectivity index (χ1) is 8.72. The van der Waals surface area contributed by atoms with Crippen LogP contribution in [0.25, 0.3) is 0 Å². The van der Waals surface area contributed by atoms with E-state index in [1.807, 2.05) is 11.4 Å². The second-order valence-electron chi connectivity index (χ2n) is 4.00. The molecule has 6 heteroatoms. The van der Waals surface area contributed by atoms with E-state index < -0.39 is 0 Å². The van der Waals surface area contributed by atoms with Crippen molar-refractivity contribution in [1.82, 2.24) is 4.98 Å². The summed E-state index contributed by atoms with van der Waals surface area (Å²) in [5.41, 5.74) is 8.67. The van der Waals surface area contributed by atoms with Gasteiger partial charge in [0.25, 0.3) is 0 Å². The first kappa shape index (κ1) is 11.6. The normalized spacial score (nSPS) is 14.1. The molecular weight excluding hydrogens is 266 g/mol. The summed E-state index contributed by atoms with van der Waals surface area (Å²) in [6.45, 7) is 0. The molecule has 1 aliphatic rings. The highest BCUT2D eigenvalue weighted by Crippen LogP contribution is 2.37. The summed E-state index contributed by atoms with van der Waals surface area (Å²) in [5, 5.41) is 4.79. The van der Waals surface area contributed by atoms with Crippen molar-refractivity contribution >= 4 is 40.4 Å². The van der Waals surface area contributed by atoms with Crippen molar-refractivity contribution in [2.75, 3.05) is 11.1 Å². The molecule has 0 bridgehead atoms. The number of carbonyl (C=O) groups excluding carboxylic acids is 1. The van der Waals surface area contributed by atoms with Gasteiger partial charge in [-0.25, -0.2) is 4.98 Å². The molecule has 0 saturated heterocycles. The van der Waals surface area contributed by atoms with Gasteiger partial charge in [-0.15, -0.1) is 11.3 Å². The van der Waals surface area contributed by atoms with Crippen LogP contribution < -0.4 is 11.1 Å². The minimum Gasteiger partial charge on any atom is -0.398 e. The smallest absolute Gasteiger partial charge is 0.224 e. The third-order valence-corrected chi connectivity index (χ3v) is 4.70. The Morgan fingerprint density at radius 3 is 3.06 bits per heavy atom. The van der Waals surface area contributed by atoms with Crippen LogP contribution in [0.4, 0.5) is 11.4 Å². The van der Waals surface area contributed by atoms with Crippen molar-refractivity contribution in [3.05, 3.63) is 29.3 Å². The van der Waals surface area contributed by atoms with Gasteiger partial charge >= 0.3 is 0 Å². The number of benzene rings is 1. The van der Waals surface area contributed by atoms with E-state index in [9.17, 15) is 4.79 Å². The number of thiazole rings is 1. The zero-order valence-electron chi connectivity index (χ0n) is 9.47. The Morgan fingerprint density at radius 2 is 2.28 bits per heavy atom. The molecule has 2 aromatic rings. The average Bonchev–Trinajstić information content (AvgIpc) is 2.83. The fourth-order valence-electron chi connectivity index (χ4n) is 1.87. The quantitative estimate of drug-likeness (QED) is 0.828. The molecule has 18 heavy (non-hydrogen) atoms. The van der Waals surface area contributed by atoms with Crippen molar-refractivity contribution < 1.29 is 4.79 Å². The molecule has 4 nitrogen and oxygen atoms in total. The monoisotopic (exact) mass is 277 g/mol. The van der Waals surface area contributed by atoms with E-state index in [0.29, 0.717) is 12.1 Å². The third-order valence-electron chi connectivity index (χ3n) is 2.74. The number of rotatable bonds is 2. The molecule has 1 aliphatic heterocycles. The number of aryl methyl sites for hydroxylation is 1. The Bertz CT molecular complexity index is 596. The van der Waals surface area contributed by atoms with Crippen LogP contribution >= 0.6 is 23.1 Å². The summed E-state index contributed by atoms with van der Waals surface area (Å²) in [4.78, 5) is 16.5. The number of anilines is 2. The lowest BCUT2D eigenvalue weighted by atomic mass is 10.0. The number of hydrogen-bond acceptors (Lipinski definition) is 5. The Balaban J connectivity index is 1.94. The van der Waals surface area contributed by atoms with Crippen molar-refractivity contribution in [2.24, 2.45) is 0 Å². The molecule has 0 fully saturated rings. The summed E-state index contributed by atoms with van der Waals surface area (Å²) in [6, 6.07) is 3.89. The summed E-state index contributed by atoms with van der Waals surface area (Å²) < 4.78 is 0.974. The molecule has 3 rings (SSSR count). The van der Waals surface area contributed by atoms with Gasteiger partial charge in [-0.2, -0.15) is 0 Å². The van der Waals surface area contributed by atoms with Gasteiger partial charge < -0.3 is 11.1 Å². The Labute approximate surface area is 113 Å². The minimum atomic E-state index is 0.0576. The lowest BCUT2D eigenvalue weighted by molar-refractivity contribution is -0.116. The zero-order chi connectivity index (χ0) is 12.5. The highest BCUT2D eigenvalue weighted by molar-refractivity contribution is 8.01. The summed E-state index contributed by atoms with van der Waals surface area (Å²) >= 11 is 3.16. The van der Waals surface area contributed by atoms with Gasteiger partial charge in [0.2, 0.25) is 5.91 Å². The number of nitrogens with two attached hydrogens (primary N) is 1. The minimum absolute atomic E-state index is 0.0576. The maximum atomic E-state index is 11.3. The molecule has 92 valence electrons. The van der Waals surface area contributed by atoms with Crippen LogP contribution in [0.3, 0.4) is 0 Å². The van der Waals surface area contributed by atoms with Crippen molar-refractivity contribution in [2.45, 2.75) is 22.1 Å². The molecule has 3 N–H and O–H groups in total. The number of nitrogens with one attached hydrogen (secondary N) is 1. The fourth-order valence-corrected chi connectivity index (χ4v) is 3.53. The van der Waals surface area contributed by atoms with Crippen molar-refractivity contribution in [3.63, 3.8) is 0 Å². The van der Waals surface area contributed by atoms with Crippen LogP contribution in [0.2, 0.25) is 0 Å². The summed E-state index contributed by atoms with van der Waals surface area (Å²) in [5.74, 6) is 0.0576. The molecule has 1 aromatic carbocycles. The van der Waals surface area contributed by atoms with Crippen LogP contribution in [0.15, 0.2) is 32.9 Å².